The predicted molar refractivity (Wildman–Crippen MR) is 122 cm³/mol. The SMILES string of the molecule is O=C(CNS(=O)(=O)C1CCCCC1)N[C@H](CCNc1cc[nH+]cc1)C(=O)N1CCCCC1. The van der Waals surface area contributed by atoms with Crippen LogP contribution in [-0.4, -0.2) is 62.6 Å². The first kappa shape index (κ1) is 24.4. The van der Waals surface area contributed by atoms with Gasteiger partial charge in [0.1, 0.15) is 6.04 Å². The number of pyridine rings is 1. The molecule has 2 fully saturated rings. The Labute approximate surface area is 190 Å². The van der Waals surface area contributed by atoms with Crippen molar-refractivity contribution in [1.29, 1.82) is 0 Å². The maximum atomic E-state index is 13.1. The molecule has 32 heavy (non-hydrogen) atoms. The van der Waals surface area contributed by atoms with Crippen molar-refractivity contribution in [2.24, 2.45) is 0 Å². The van der Waals surface area contributed by atoms with Gasteiger partial charge in [0, 0.05) is 37.5 Å². The largest absolute Gasteiger partial charge is 0.385 e. The number of sulfonamides is 1. The van der Waals surface area contributed by atoms with Crippen LogP contribution in [0.5, 0.6) is 0 Å². The van der Waals surface area contributed by atoms with Crippen LogP contribution in [0.4, 0.5) is 5.69 Å². The second-order valence-electron chi connectivity index (χ2n) is 8.64. The van der Waals surface area contributed by atoms with Crippen molar-refractivity contribution in [2.45, 2.75) is 69.1 Å². The molecular formula is C22H36N5O4S+. The van der Waals surface area contributed by atoms with Gasteiger partial charge in [0.25, 0.3) is 0 Å². The Morgan fingerprint density at radius 2 is 1.69 bits per heavy atom. The van der Waals surface area contributed by atoms with Crippen LogP contribution >= 0.6 is 0 Å². The number of likely N-dealkylation sites (tertiary alicyclic amines) is 1. The number of hydrogen-bond acceptors (Lipinski definition) is 5. The van der Waals surface area contributed by atoms with Gasteiger partial charge in [-0.05, 0) is 38.5 Å². The lowest BCUT2D eigenvalue weighted by Gasteiger charge is -2.31. The lowest BCUT2D eigenvalue weighted by Crippen LogP contribution is -2.52. The Morgan fingerprint density at radius 1 is 1.03 bits per heavy atom. The Hall–Kier alpha value is -2.20. The van der Waals surface area contributed by atoms with Gasteiger partial charge in [-0.1, -0.05) is 19.3 Å². The number of nitrogens with one attached hydrogen (secondary N) is 4. The minimum Gasteiger partial charge on any atom is -0.385 e. The number of amides is 2. The third-order valence-corrected chi connectivity index (χ3v) is 8.10. The van der Waals surface area contributed by atoms with Gasteiger partial charge < -0.3 is 15.5 Å². The van der Waals surface area contributed by atoms with Crippen molar-refractivity contribution in [1.82, 2.24) is 14.9 Å². The van der Waals surface area contributed by atoms with Crippen LogP contribution in [0.1, 0.15) is 57.8 Å². The van der Waals surface area contributed by atoms with Crippen LogP contribution in [0.25, 0.3) is 0 Å². The van der Waals surface area contributed by atoms with Gasteiger partial charge >= 0.3 is 0 Å². The minimum atomic E-state index is -3.53. The van der Waals surface area contributed by atoms with E-state index in [1.807, 2.05) is 12.1 Å². The van der Waals surface area contributed by atoms with Crippen LogP contribution in [-0.2, 0) is 19.6 Å². The van der Waals surface area contributed by atoms with Crippen molar-refractivity contribution in [3.8, 4) is 0 Å². The van der Waals surface area contributed by atoms with E-state index < -0.39 is 27.2 Å². The molecule has 3 rings (SSSR count). The summed E-state index contributed by atoms with van der Waals surface area (Å²) in [7, 11) is -3.53. The van der Waals surface area contributed by atoms with Crippen molar-refractivity contribution in [3.05, 3.63) is 24.5 Å². The molecule has 178 valence electrons. The van der Waals surface area contributed by atoms with Gasteiger partial charge in [-0.15, -0.1) is 0 Å². The topological polar surface area (TPSA) is 122 Å². The highest BCUT2D eigenvalue weighted by Gasteiger charge is 2.29. The fraction of sp³-hybridized carbons (Fsp3) is 0.682. The molecule has 9 nitrogen and oxygen atoms in total. The zero-order chi connectivity index (χ0) is 22.8. The van der Waals surface area contributed by atoms with E-state index in [-0.39, 0.29) is 12.5 Å². The third-order valence-electron chi connectivity index (χ3n) is 6.21. The maximum Gasteiger partial charge on any atom is 0.245 e. The normalized spacial score (nSPS) is 18.7. The lowest BCUT2D eigenvalue weighted by molar-refractivity contribution is -0.377. The number of nitrogens with zero attached hydrogens (tertiary/aromatic N) is 1. The lowest BCUT2D eigenvalue weighted by atomic mass is 10.0. The summed E-state index contributed by atoms with van der Waals surface area (Å²) in [5.74, 6) is -0.578. The molecule has 1 aromatic rings. The van der Waals surface area contributed by atoms with E-state index in [1.165, 1.54) is 0 Å². The first-order valence-corrected chi connectivity index (χ1v) is 13.3. The molecule has 1 atom stereocenters. The average molecular weight is 467 g/mol. The highest BCUT2D eigenvalue weighted by atomic mass is 32.2. The van der Waals surface area contributed by atoms with Gasteiger partial charge in [-0.2, -0.15) is 0 Å². The smallest absolute Gasteiger partial charge is 0.245 e. The number of piperidine rings is 1. The average Bonchev–Trinajstić information content (AvgIpc) is 2.83. The molecule has 0 radical (unpaired) electrons. The molecule has 0 spiro atoms. The summed E-state index contributed by atoms with van der Waals surface area (Å²) in [6, 6.07) is 3.09. The second-order valence-corrected chi connectivity index (χ2v) is 10.7. The number of aromatic amines is 1. The first-order valence-electron chi connectivity index (χ1n) is 11.7. The van der Waals surface area contributed by atoms with E-state index >= 15 is 0 Å². The Morgan fingerprint density at radius 3 is 2.38 bits per heavy atom. The number of hydrogen-bond donors (Lipinski definition) is 3. The van der Waals surface area contributed by atoms with E-state index in [1.54, 1.807) is 17.3 Å². The van der Waals surface area contributed by atoms with Gasteiger partial charge in [0.05, 0.1) is 11.8 Å². The number of rotatable bonds is 10. The van der Waals surface area contributed by atoms with Gasteiger partial charge in [0.15, 0.2) is 12.4 Å². The monoisotopic (exact) mass is 466 g/mol. The Bertz CT molecular complexity index is 837. The standard InChI is InChI=1S/C22H35N5O4S/c28-21(17-25-32(30,31)19-7-3-1-4-8-19)26-20(22(29)27-15-5-2-6-16-27)11-14-24-18-9-12-23-13-10-18/h9-10,12-13,19-20,25H,1-8,11,14-17H2,(H,23,24)(H,26,28)/p+1/t20-/m1/s1. The van der Waals surface area contributed by atoms with Gasteiger partial charge in [0.2, 0.25) is 21.8 Å². The van der Waals surface area contributed by atoms with Crippen molar-refractivity contribution < 1.29 is 23.0 Å². The molecule has 1 aliphatic carbocycles. The molecule has 1 saturated carbocycles. The van der Waals surface area contributed by atoms with E-state index in [2.05, 4.69) is 20.3 Å². The summed E-state index contributed by atoms with van der Waals surface area (Å²) in [5, 5.41) is 5.60. The number of carbonyl (C=O) groups excluding carboxylic acids is 2. The molecule has 0 bridgehead atoms. The molecular weight excluding hydrogens is 430 g/mol. The van der Waals surface area contributed by atoms with Crippen molar-refractivity contribution in [3.63, 3.8) is 0 Å². The maximum absolute atomic E-state index is 13.1. The molecule has 2 amide bonds. The minimum absolute atomic E-state index is 0.101. The summed E-state index contributed by atoms with van der Waals surface area (Å²) in [4.78, 5) is 30.4. The first-order chi connectivity index (χ1) is 15.5. The zero-order valence-electron chi connectivity index (χ0n) is 18.6. The van der Waals surface area contributed by atoms with Crippen LogP contribution in [0.2, 0.25) is 0 Å². The summed E-state index contributed by atoms with van der Waals surface area (Å²) >= 11 is 0. The molecule has 2 heterocycles. The van der Waals surface area contributed by atoms with Crippen LogP contribution < -0.4 is 20.3 Å². The van der Waals surface area contributed by atoms with E-state index in [9.17, 15) is 18.0 Å². The highest BCUT2D eigenvalue weighted by Crippen LogP contribution is 2.22. The molecule has 2 aliphatic rings. The van der Waals surface area contributed by atoms with Crippen LogP contribution in [0.3, 0.4) is 0 Å². The fourth-order valence-electron chi connectivity index (χ4n) is 4.36. The molecule has 10 heteroatoms. The van der Waals surface area contributed by atoms with Crippen molar-refractivity contribution >= 4 is 27.5 Å². The quantitative estimate of drug-likeness (QED) is 0.476. The predicted octanol–water partition coefficient (Wildman–Crippen LogP) is 1.05. The van der Waals surface area contributed by atoms with Crippen molar-refractivity contribution in [2.75, 3.05) is 31.5 Å². The van der Waals surface area contributed by atoms with Crippen LogP contribution in [0, 0.1) is 0 Å². The van der Waals surface area contributed by atoms with Crippen LogP contribution in [0.15, 0.2) is 24.5 Å². The molecule has 1 aliphatic heterocycles. The summed E-state index contributed by atoms with van der Waals surface area (Å²) in [6.07, 6.45) is 11.2. The highest BCUT2D eigenvalue weighted by molar-refractivity contribution is 7.90. The Balaban J connectivity index is 1.55. The van der Waals surface area contributed by atoms with Gasteiger partial charge in [-0.3, -0.25) is 9.59 Å². The molecule has 0 unspecified atom stereocenters. The Kier molecular flexibility index (Phi) is 9.28. The molecule has 4 N–H and O–H groups in total. The van der Waals surface area contributed by atoms with Gasteiger partial charge in [-0.25, -0.2) is 18.1 Å². The fourth-order valence-corrected chi connectivity index (χ4v) is 5.88. The number of carbonyl (C=O) groups is 2. The summed E-state index contributed by atoms with van der Waals surface area (Å²) in [5.41, 5.74) is 0.916. The number of aromatic nitrogens is 1. The van der Waals surface area contributed by atoms with E-state index in [4.69, 9.17) is 0 Å². The zero-order valence-corrected chi connectivity index (χ0v) is 19.5. The summed E-state index contributed by atoms with van der Waals surface area (Å²) in [6.45, 7) is 1.55. The summed E-state index contributed by atoms with van der Waals surface area (Å²) < 4.78 is 27.5. The molecule has 0 aromatic carbocycles. The van der Waals surface area contributed by atoms with E-state index in [0.717, 1.165) is 44.2 Å². The number of H-pyrrole nitrogens is 1. The second kappa shape index (κ2) is 12.2. The molecule has 1 aromatic heterocycles. The number of anilines is 1. The molecule has 1 saturated heterocycles. The van der Waals surface area contributed by atoms with E-state index in [0.29, 0.717) is 38.9 Å². The third kappa shape index (κ3) is 7.44.